The first-order valence-electron chi connectivity index (χ1n) is 8.61. The lowest BCUT2D eigenvalue weighted by molar-refractivity contribution is -0.124. The molecule has 24 heavy (non-hydrogen) atoms. The van der Waals surface area contributed by atoms with Gasteiger partial charge in [-0.25, -0.2) is 0 Å². The highest BCUT2D eigenvalue weighted by atomic mass is 35.5. The smallest absolute Gasteiger partial charge is 0.295 e. The topological polar surface area (TPSA) is 67.2 Å². The van der Waals surface area contributed by atoms with E-state index in [1.807, 2.05) is 26.0 Å². The van der Waals surface area contributed by atoms with Crippen molar-refractivity contribution in [2.24, 2.45) is 11.8 Å². The van der Waals surface area contributed by atoms with Crippen LogP contribution in [0.3, 0.4) is 0 Å². The average Bonchev–Trinajstić information content (AvgIpc) is 2.95. The largest absolute Gasteiger partial charge is 0.423 e. The van der Waals surface area contributed by atoms with Crippen LogP contribution in [0, 0.1) is 11.8 Å². The molecular weight excluding hydrogens is 326 g/mol. The number of hydrogen-bond donors (Lipinski definition) is 2. The predicted octanol–water partition coefficient (Wildman–Crippen LogP) is 4.22. The van der Waals surface area contributed by atoms with Gasteiger partial charge in [0.1, 0.15) is 5.52 Å². The maximum absolute atomic E-state index is 11.6. The second-order valence-electron chi connectivity index (χ2n) is 6.89. The molecule has 0 atom stereocenters. The third-order valence-corrected chi connectivity index (χ3v) is 4.85. The maximum atomic E-state index is 11.6. The third kappa shape index (κ3) is 4.20. The molecular formula is C18H24ClN3O2. The van der Waals surface area contributed by atoms with Gasteiger partial charge in [0, 0.05) is 29.6 Å². The van der Waals surface area contributed by atoms with Gasteiger partial charge in [-0.3, -0.25) is 4.79 Å². The Morgan fingerprint density at radius 2 is 2.08 bits per heavy atom. The molecule has 1 aromatic heterocycles. The standard InChI is InChI=1S/C18H24ClN3O2/c1-11(2)17(23)20-10-12-3-6-14(7-4-12)21-18-22-15-8-5-13(19)9-16(15)24-18/h5,8-9,11-12,14H,3-4,6-7,10H2,1-2H3,(H,20,23)(H,21,22). The summed E-state index contributed by atoms with van der Waals surface area (Å²) < 4.78 is 5.72. The van der Waals surface area contributed by atoms with E-state index in [9.17, 15) is 4.79 Å². The lowest BCUT2D eigenvalue weighted by Crippen LogP contribution is -2.35. The monoisotopic (exact) mass is 349 g/mol. The number of rotatable bonds is 5. The molecule has 0 unspecified atom stereocenters. The molecule has 0 aliphatic heterocycles. The van der Waals surface area contributed by atoms with Gasteiger partial charge in [-0.15, -0.1) is 0 Å². The number of nitrogens with one attached hydrogen (secondary N) is 2. The number of carbonyl (C=O) groups is 1. The molecule has 0 bridgehead atoms. The molecule has 6 heteroatoms. The zero-order valence-electron chi connectivity index (χ0n) is 14.1. The van der Waals surface area contributed by atoms with E-state index in [4.69, 9.17) is 16.0 Å². The molecule has 1 heterocycles. The van der Waals surface area contributed by atoms with Crippen LogP contribution in [-0.2, 0) is 4.79 Å². The van der Waals surface area contributed by atoms with E-state index >= 15 is 0 Å². The van der Waals surface area contributed by atoms with Crippen LogP contribution >= 0.6 is 11.6 Å². The number of nitrogens with zero attached hydrogens (tertiary/aromatic N) is 1. The summed E-state index contributed by atoms with van der Waals surface area (Å²) in [5.74, 6) is 0.754. The summed E-state index contributed by atoms with van der Waals surface area (Å²) in [7, 11) is 0. The molecule has 0 saturated heterocycles. The normalized spacial score (nSPS) is 21.2. The van der Waals surface area contributed by atoms with E-state index in [0.717, 1.165) is 37.7 Å². The van der Waals surface area contributed by atoms with Crippen molar-refractivity contribution in [3.63, 3.8) is 0 Å². The second-order valence-corrected chi connectivity index (χ2v) is 7.33. The van der Waals surface area contributed by atoms with Crippen molar-refractivity contribution in [2.75, 3.05) is 11.9 Å². The summed E-state index contributed by atoms with van der Waals surface area (Å²) in [5.41, 5.74) is 1.52. The second kappa shape index (κ2) is 7.43. The van der Waals surface area contributed by atoms with Crippen molar-refractivity contribution in [1.29, 1.82) is 0 Å². The first-order valence-corrected chi connectivity index (χ1v) is 8.99. The fraction of sp³-hybridized carbons (Fsp3) is 0.556. The SMILES string of the molecule is CC(C)C(=O)NCC1CCC(Nc2nc3ccc(Cl)cc3o2)CC1. The Bertz CT molecular complexity index is 705. The van der Waals surface area contributed by atoms with E-state index in [2.05, 4.69) is 15.6 Å². The van der Waals surface area contributed by atoms with Gasteiger partial charge < -0.3 is 15.1 Å². The molecule has 1 aromatic carbocycles. The highest BCUT2D eigenvalue weighted by Crippen LogP contribution is 2.28. The highest BCUT2D eigenvalue weighted by Gasteiger charge is 2.23. The predicted molar refractivity (Wildman–Crippen MR) is 96.2 cm³/mol. The van der Waals surface area contributed by atoms with E-state index in [1.54, 1.807) is 6.07 Å². The molecule has 1 aliphatic carbocycles. The van der Waals surface area contributed by atoms with Gasteiger partial charge in [-0.05, 0) is 43.7 Å². The first kappa shape index (κ1) is 17.1. The summed E-state index contributed by atoms with van der Waals surface area (Å²) in [4.78, 5) is 16.1. The van der Waals surface area contributed by atoms with Crippen LogP contribution in [-0.4, -0.2) is 23.5 Å². The molecule has 1 fully saturated rings. The quantitative estimate of drug-likeness (QED) is 0.847. The van der Waals surface area contributed by atoms with Gasteiger partial charge in [0.2, 0.25) is 5.91 Å². The Morgan fingerprint density at radius 3 is 2.79 bits per heavy atom. The molecule has 0 spiro atoms. The maximum Gasteiger partial charge on any atom is 0.295 e. The Kier molecular flexibility index (Phi) is 5.29. The summed E-state index contributed by atoms with van der Waals surface area (Å²) in [6.45, 7) is 4.62. The number of fused-ring (bicyclic) bond motifs is 1. The fourth-order valence-electron chi connectivity index (χ4n) is 3.09. The molecule has 2 N–H and O–H groups in total. The summed E-state index contributed by atoms with van der Waals surface area (Å²) in [6, 6.07) is 6.38. The number of benzene rings is 1. The summed E-state index contributed by atoms with van der Waals surface area (Å²) in [5, 5.41) is 7.07. The number of oxazole rings is 1. The molecule has 3 rings (SSSR count). The van der Waals surface area contributed by atoms with Crippen LogP contribution in [0.15, 0.2) is 22.6 Å². The van der Waals surface area contributed by atoms with Gasteiger partial charge in [0.05, 0.1) is 0 Å². The van der Waals surface area contributed by atoms with E-state index in [0.29, 0.717) is 28.6 Å². The molecule has 130 valence electrons. The van der Waals surface area contributed by atoms with Crippen LogP contribution in [0.4, 0.5) is 6.01 Å². The van der Waals surface area contributed by atoms with E-state index in [-0.39, 0.29) is 11.8 Å². The Balaban J connectivity index is 1.48. The third-order valence-electron chi connectivity index (χ3n) is 4.61. The molecule has 1 saturated carbocycles. The van der Waals surface area contributed by atoms with Crippen LogP contribution in [0.2, 0.25) is 5.02 Å². The lowest BCUT2D eigenvalue weighted by Gasteiger charge is -2.28. The van der Waals surface area contributed by atoms with Crippen molar-refractivity contribution in [2.45, 2.75) is 45.6 Å². The number of hydrogen-bond acceptors (Lipinski definition) is 4. The van der Waals surface area contributed by atoms with Gasteiger partial charge in [0.25, 0.3) is 6.01 Å². The number of anilines is 1. The van der Waals surface area contributed by atoms with Crippen LogP contribution in [0.25, 0.3) is 11.1 Å². The average molecular weight is 350 g/mol. The van der Waals surface area contributed by atoms with Crippen LogP contribution < -0.4 is 10.6 Å². The van der Waals surface area contributed by atoms with Gasteiger partial charge >= 0.3 is 0 Å². The van der Waals surface area contributed by atoms with Gasteiger partial charge in [-0.2, -0.15) is 4.98 Å². The number of halogens is 1. The highest BCUT2D eigenvalue weighted by molar-refractivity contribution is 6.31. The van der Waals surface area contributed by atoms with Crippen molar-refractivity contribution in [3.8, 4) is 0 Å². The Hall–Kier alpha value is -1.75. The molecule has 5 nitrogen and oxygen atoms in total. The number of carbonyl (C=O) groups excluding carboxylic acids is 1. The van der Waals surface area contributed by atoms with Crippen molar-refractivity contribution in [3.05, 3.63) is 23.2 Å². The number of aromatic nitrogens is 1. The molecule has 2 aromatic rings. The van der Waals surface area contributed by atoms with Crippen LogP contribution in [0.5, 0.6) is 0 Å². The number of amides is 1. The zero-order valence-corrected chi connectivity index (χ0v) is 14.9. The van der Waals surface area contributed by atoms with Crippen LogP contribution in [0.1, 0.15) is 39.5 Å². The zero-order chi connectivity index (χ0) is 17.1. The molecule has 1 amide bonds. The Labute approximate surface area is 147 Å². The minimum atomic E-state index is 0.0515. The van der Waals surface area contributed by atoms with Crippen molar-refractivity contribution in [1.82, 2.24) is 10.3 Å². The minimum absolute atomic E-state index is 0.0515. The summed E-state index contributed by atoms with van der Waals surface area (Å²) in [6.07, 6.45) is 4.31. The minimum Gasteiger partial charge on any atom is -0.423 e. The molecule has 1 aliphatic rings. The van der Waals surface area contributed by atoms with Gasteiger partial charge in [0.15, 0.2) is 5.58 Å². The Morgan fingerprint density at radius 1 is 1.33 bits per heavy atom. The van der Waals surface area contributed by atoms with E-state index in [1.165, 1.54) is 0 Å². The van der Waals surface area contributed by atoms with Crippen molar-refractivity contribution < 1.29 is 9.21 Å². The van der Waals surface area contributed by atoms with Gasteiger partial charge in [-0.1, -0.05) is 25.4 Å². The summed E-state index contributed by atoms with van der Waals surface area (Å²) >= 11 is 5.97. The fourth-order valence-corrected chi connectivity index (χ4v) is 3.26. The van der Waals surface area contributed by atoms with Crippen molar-refractivity contribution >= 4 is 34.6 Å². The van der Waals surface area contributed by atoms with E-state index < -0.39 is 0 Å². The first-order chi connectivity index (χ1) is 11.5. The lowest BCUT2D eigenvalue weighted by atomic mass is 9.86. The molecule has 0 radical (unpaired) electrons.